The maximum Gasteiger partial charge on any atom is 0.435 e. The number of aryl methyl sites for hydroxylation is 1. The maximum absolute atomic E-state index is 13.5. The van der Waals surface area contributed by atoms with E-state index in [0.717, 1.165) is 22.7 Å². The predicted molar refractivity (Wildman–Crippen MR) is 128 cm³/mol. The summed E-state index contributed by atoms with van der Waals surface area (Å²) in [5.74, 6) is -0.197. The Morgan fingerprint density at radius 2 is 1.89 bits per heavy atom. The highest BCUT2D eigenvalue weighted by molar-refractivity contribution is 5.97. The average Bonchev–Trinajstić information content (AvgIpc) is 3.32. The molecule has 0 fully saturated rings. The van der Waals surface area contributed by atoms with Gasteiger partial charge in [-0.2, -0.15) is 18.3 Å². The van der Waals surface area contributed by atoms with Gasteiger partial charge in [0.15, 0.2) is 5.69 Å². The highest BCUT2D eigenvalue weighted by Crippen LogP contribution is 2.32. The summed E-state index contributed by atoms with van der Waals surface area (Å²) in [6, 6.07) is 15.0. The minimum atomic E-state index is -4.68. The first-order valence-corrected chi connectivity index (χ1v) is 10.8. The Morgan fingerprint density at radius 1 is 1.17 bits per heavy atom. The molecule has 35 heavy (non-hydrogen) atoms. The Balaban J connectivity index is 1.97. The molecule has 3 N–H and O–H groups in total. The first kappa shape index (κ1) is 25.7. The van der Waals surface area contributed by atoms with Crippen LogP contribution in [0.25, 0.3) is 11.4 Å². The lowest BCUT2D eigenvalue weighted by Crippen LogP contribution is -2.29. The van der Waals surface area contributed by atoms with Crippen LogP contribution in [0.15, 0.2) is 66.2 Å². The summed E-state index contributed by atoms with van der Waals surface area (Å²) < 4.78 is 47.6. The molecule has 0 saturated carbocycles. The van der Waals surface area contributed by atoms with Gasteiger partial charge in [0.1, 0.15) is 11.5 Å². The smallest absolute Gasteiger partial charge is 0.435 e. The Kier molecular flexibility index (Phi) is 8.08. The molecule has 0 aliphatic carbocycles. The van der Waals surface area contributed by atoms with E-state index >= 15 is 0 Å². The molecule has 10 heteroatoms. The lowest BCUT2D eigenvalue weighted by atomic mass is 10.1. The van der Waals surface area contributed by atoms with Gasteiger partial charge in [0.2, 0.25) is 11.8 Å². The monoisotopic (exact) mass is 485 g/mol. The minimum absolute atomic E-state index is 0.00765. The molecule has 0 spiro atoms. The fraction of sp³-hybridized carbons (Fsp3) is 0.240. The summed E-state index contributed by atoms with van der Waals surface area (Å²) in [7, 11) is 1.53. The second-order valence-corrected chi connectivity index (χ2v) is 7.58. The molecule has 184 valence electrons. The van der Waals surface area contributed by atoms with E-state index in [4.69, 9.17) is 10.5 Å². The first-order valence-electron chi connectivity index (χ1n) is 10.8. The van der Waals surface area contributed by atoms with Gasteiger partial charge in [-0.3, -0.25) is 9.79 Å². The lowest BCUT2D eigenvalue weighted by Gasteiger charge is -2.14. The number of carbonyl (C=O) groups is 1. The molecule has 0 unspecified atom stereocenters. The molecule has 0 saturated heterocycles. The Hall–Kier alpha value is -3.92. The van der Waals surface area contributed by atoms with Crippen LogP contribution in [0.3, 0.4) is 0 Å². The van der Waals surface area contributed by atoms with Gasteiger partial charge in [-0.25, -0.2) is 4.68 Å². The van der Waals surface area contributed by atoms with Crippen LogP contribution < -0.4 is 11.1 Å². The van der Waals surface area contributed by atoms with Gasteiger partial charge in [0, 0.05) is 25.2 Å². The van der Waals surface area contributed by atoms with Crippen molar-refractivity contribution in [3.63, 3.8) is 0 Å². The summed E-state index contributed by atoms with van der Waals surface area (Å²) in [4.78, 5) is 15.6. The average molecular weight is 486 g/mol. The van der Waals surface area contributed by atoms with Gasteiger partial charge in [-0.1, -0.05) is 37.8 Å². The van der Waals surface area contributed by atoms with Crippen LogP contribution in [0.4, 0.5) is 13.2 Å². The first-order chi connectivity index (χ1) is 16.7. The van der Waals surface area contributed by atoms with Crippen molar-refractivity contribution in [1.29, 1.82) is 0 Å². The van der Waals surface area contributed by atoms with Crippen molar-refractivity contribution in [3.8, 4) is 5.69 Å². The van der Waals surface area contributed by atoms with E-state index in [9.17, 15) is 18.0 Å². The molecule has 0 bridgehead atoms. The molecular formula is C25H26F3N5O2. The van der Waals surface area contributed by atoms with Crippen molar-refractivity contribution in [2.24, 2.45) is 10.7 Å². The van der Waals surface area contributed by atoms with Gasteiger partial charge in [0.25, 0.3) is 0 Å². The van der Waals surface area contributed by atoms with E-state index in [1.165, 1.54) is 7.05 Å². The van der Waals surface area contributed by atoms with Crippen molar-refractivity contribution in [1.82, 2.24) is 15.1 Å². The number of ether oxygens (including phenoxy) is 1. The Labute approximate surface area is 201 Å². The number of alkyl halides is 3. The molecule has 7 nitrogen and oxygen atoms in total. The largest absolute Gasteiger partial charge is 0.437 e. The zero-order valence-corrected chi connectivity index (χ0v) is 19.4. The number of nitrogens with one attached hydrogen (secondary N) is 1. The van der Waals surface area contributed by atoms with Crippen LogP contribution in [-0.2, 0) is 28.7 Å². The Bertz CT molecular complexity index is 1250. The molecule has 0 aliphatic rings. The van der Waals surface area contributed by atoms with Crippen LogP contribution in [0.1, 0.15) is 35.0 Å². The molecule has 1 aromatic heterocycles. The number of nitrogens with two attached hydrogens (primary N) is 1. The summed E-state index contributed by atoms with van der Waals surface area (Å²) in [6.45, 7) is 5.85. The van der Waals surface area contributed by atoms with Crippen molar-refractivity contribution in [2.75, 3.05) is 13.6 Å². The third-order valence-electron chi connectivity index (χ3n) is 5.12. The maximum atomic E-state index is 13.5. The number of rotatable bonds is 8. The number of nitrogens with zero attached hydrogens (tertiary/aromatic N) is 3. The lowest BCUT2D eigenvalue weighted by molar-refractivity contribution is -0.141. The number of hydrogen-bond acceptors (Lipinski definition) is 5. The summed E-state index contributed by atoms with van der Waals surface area (Å²) >= 11 is 0. The van der Waals surface area contributed by atoms with Gasteiger partial charge in [-0.05, 0) is 41.8 Å². The highest BCUT2D eigenvalue weighted by Gasteiger charge is 2.36. The van der Waals surface area contributed by atoms with E-state index < -0.39 is 11.9 Å². The van der Waals surface area contributed by atoms with Gasteiger partial charge in [-0.15, -0.1) is 0 Å². The van der Waals surface area contributed by atoms with Crippen molar-refractivity contribution >= 4 is 17.6 Å². The standard InChI is InChI=1S/C25H26F3N5O2/c1-4-17-7-5-9-19(11-17)24(30-3)35-16(2)21-13-22(25(26,27)28)32-33(21)20-10-6-8-18(12-20)15-31-23(34)14-29/h5-13H,2,4,14-15,29H2,1,3H3,(H,31,34). The number of hydrogen-bond donors (Lipinski definition) is 2. The van der Waals surface area contributed by atoms with Crippen molar-refractivity contribution in [2.45, 2.75) is 26.1 Å². The van der Waals surface area contributed by atoms with Crippen LogP contribution in [-0.4, -0.2) is 35.2 Å². The molecule has 0 radical (unpaired) electrons. The number of amides is 1. The normalized spacial score (nSPS) is 11.9. The molecule has 1 heterocycles. The number of aliphatic imine (C=N–C) groups is 1. The van der Waals surface area contributed by atoms with E-state index in [1.807, 2.05) is 25.1 Å². The van der Waals surface area contributed by atoms with Crippen LogP contribution in [0.2, 0.25) is 0 Å². The quantitative estimate of drug-likeness (QED) is 0.285. The molecular weight excluding hydrogens is 459 g/mol. The van der Waals surface area contributed by atoms with Gasteiger partial charge in [0.05, 0.1) is 12.2 Å². The molecule has 3 rings (SSSR count). The van der Waals surface area contributed by atoms with Gasteiger partial charge < -0.3 is 15.8 Å². The highest BCUT2D eigenvalue weighted by atomic mass is 19.4. The SMILES string of the molecule is C=C(OC(=NC)c1cccc(CC)c1)c1cc(C(F)(F)F)nn1-c1cccc(CNC(=O)CN)c1. The number of benzene rings is 2. The second-order valence-electron chi connectivity index (χ2n) is 7.58. The number of carbonyl (C=O) groups excluding carboxylic acids is 1. The Morgan fingerprint density at radius 3 is 2.54 bits per heavy atom. The van der Waals surface area contributed by atoms with Gasteiger partial charge >= 0.3 is 6.18 Å². The second kappa shape index (κ2) is 11.0. The number of halogens is 3. The summed E-state index contributed by atoms with van der Waals surface area (Å²) in [5, 5.41) is 6.39. The third-order valence-corrected chi connectivity index (χ3v) is 5.12. The van der Waals surface area contributed by atoms with E-state index in [2.05, 4.69) is 22.0 Å². The zero-order valence-electron chi connectivity index (χ0n) is 19.4. The molecule has 0 aliphatic heterocycles. The molecule has 2 aromatic carbocycles. The van der Waals surface area contributed by atoms with E-state index in [0.29, 0.717) is 16.8 Å². The van der Waals surface area contributed by atoms with Crippen molar-refractivity contribution < 1.29 is 22.7 Å². The summed E-state index contributed by atoms with van der Waals surface area (Å²) in [6.07, 6.45) is -3.88. The third kappa shape index (κ3) is 6.36. The molecule has 0 atom stereocenters. The van der Waals surface area contributed by atoms with Crippen molar-refractivity contribution in [3.05, 3.63) is 89.3 Å². The topological polar surface area (TPSA) is 94.5 Å². The number of aromatic nitrogens is 2. The van der Waals surface area contributed by atoms with Crippen LogP contribution in [0.5, 0.6) is 0 Å². The summed E-state index contributed by atoms with van der Waals surface area (Å²) in [5.41, 5.74) is 6.93. The fourth-order valence-corrected chi connectivity index (χ4v) is 3.31. The van der Waals surface area contributed by atoms with Crippen LogP contribution in [0, 0.1) is 0 Å². The molecule has 3 aromatic rings. The van der Waals surface area contributed by atoms with Crippen LogP contribution >= 0.6 is 0 Å². The predicted octanol–water partition coefficient (Wildman–Crippen LogP) is 4.09. The minimum Gasteiger partial charge on any atom is -0.437 e. The van der Waals surface area contributed by atoms with E-state index in [1.54, 1.807) is 30.3 Å². The van der Waals surface area contributed by atoms with E-state index in [-0.39, 0.29) is 36.3 Å². The fourth-order valence-electron chi connectivity index (χ4n) is 3.31. The zero-order chi connectivity index (χ0) is 25.6. The molecule has 1 amide bonds.